The van der Waals surface area contributed by atoms with Crippen LogP contribution in [0.2, 0.25) is 0 Å². The minimum Gasteiger partial charge on any atom is -0.507 e. The van der Waals surface area contributed by atoms with Crippen molar-refractivity contribution < 1.29 is 19.5 Å². The van der Waals surface area contributed by atoms with E-state index in [0.29, 0.717) is 45.4 Å². The molecule has 7 nitrogen and oxygen atoms in total. The number of rotatable bonds is 9. The summed E-state index contributed by atoms with van der Waals surface area (Å²) in [5.74, 6) is -0.0850. The fourth-order valence-electron chi connectivity index (χ4n) is 3.59. The van der Waals surface area contributed by atoms with Crippen molar-refractivity contribution in [3.8, 4) is 5.75 Å². The number of aromatic hydroxyl groups is 1. The summed E-state index contributed by atoms with van der Waals surface area (Å²) >= 11 is 0. The van der Waals surface area contributed by atoms with E-state index in [-0.39, 0.29) is 29.0 Å². The van der Waals surface area contributed by atoms with Gasteiger partial charge < -0.3 is 19.8 Å². The molecule has 29 heavy (non-hydrogen) atoms. The lowest BCUT2D eigenvalue weighted by molar-refractivity contribution is -0.133. The largest absolute Gasteiger partial charge is 0.507 e. The smallest absolute Gasteiger partial charge is 0.257 e. The second-order valence-electron chi connectivity index (χ2n) is 7.42. The molecule has 1 aliphatic heterocycles. The van der Waals surface area contributed by atoms with Gasteiger partial charge in [-0.15, -0.1) is 0 Å². The average Bonchev–Trinajstić information content (AvgIpc) is 2.73. The second-order valence-corrected chi connectivity index (χ2v) is 7.42. The topological polar surface area (TPSA) is 81.2 Å². The Morgan fingerprint density at radius 2 is 1.52 bits per heavy atom. The van der Waals surface area contributed by atoms with E-state index in [0.717, 1.165) is 25.9 Å². The first-order valence-electron chi connectivity index (χ1n) is 10.6. The van der Waals surface area contributed by atoms with Crippen LogP contribution in [0.1, 0.15) is 56.3 Å². The first kappa shape index (κ1) is 22.7. The van der Waals surface area contributed by atoms with Crippen LogP contribution >= 0.6 is 0 Å². The minimum atomic E-state index is -0.215. The van der Waals surface area contributed by atoms with Crippen LogP contribution in [0.4, 0.5) is 0 Å². The monoisotopic (exact) mass is 403 g/mol. The van der Waals surface area contributed by atoms with Gasteiger partial charge in [-0.1, -0.05) is 26.0 Å². The third kappa shape index (κ3) is 6.48. The van der Waals surface area contributed by atoms with Crippen molar-refractivity contribution in [3.05, 3.63) is 29.8 Å². The van der Waals surface area contributed by atoms with Gasteiger partial charge in [-0.25, -0.2) is 0 Å². The molecule has 0 unspecified atom stereocenters. The number of phenols is 1. The maximum atomic E-state index is 12.5. The van der Waals surface area contributed by atoms with Gasteiger partial charge in [-0.2, -0.15) is 0 Å². The summed E-state index contributed by atoms with van der Waals surface area (Å²) in [6.45, 7) is 7.50. The van der Waals surface area contributed by atoms with Crippen molar-refractivity contribution in [2.24, 2.45) is 0 Å². The maximum absolute atomic E-state index is 12.5. The van der Waals surface area contributed by atoms with Crippen LogP contribution in [0.3, 0.4) is 0 Å². The molecule has 1 aromatic rings. The molecule has 0 bridgehead atoms. The van der Waals surface area contributed by atoms with Crippen molar-refractivity contribution in [3.63, 3.8) is 0 Å². The number of carbonyl (C=O) groups is 3. The molecular formula is C22H33N3O4. The van der Waals surface area contributed by atoms with E-state index < -0.39 is 0 Å². The molecule has 0 radical (unpaired) electrons. The molecule has 1 aromatic carbocycles. The van der Waals surface area contributed by atoms with Crippen LogP contribution in [0.5, 0.6) is 5.75 Å². The Balaban J connectivity index is 1.75. The molecule has 1 heterocycles. The fourth-order valence-corrected chi connectivity index (χ4v) is 3.59. The van der Waals surface area contributed by atoms with Crippen molar-refractivity contribution in [1.29, 1.82) is 0 Å². The molecule has 2 rings (SSSR count). The van der Waals surface area contributed by atoms with E-state index >= 15 is 0 Å². The number of hydrogen-bond acceptors (Lipinski definition) is 4. The Labute approximate surface area is 173 Å². The summed E-state index contributed by atoms with van der Waals surface area (Å²) in [6.07, 6.45) is 3.18. The van der Waals surface area contributed by atoms with Gasteiger partial charge in [0.05, 0.1) is 5.56 Å². The van der Waals surface area contributed by atoms with Gasteiger partial charge in [0, 0.05) is 52.1 Å². The Hall–Kier alpha value is -2.57. The summed E-state index contributed by atoms with van der Waals surface area (Å²) in [5, 5.41) is 9.86. The summed E-state index contributed by atoms with van der Waals surface area (Å²) in [5.41, 5.74) is 0.287. The molecule has 1 saturated heterocycles. The van der Waals surface area contributed by atoms with Crippen molar-refractivity contribution in [2.45, 2.75) is 46.0 Å². The molecule has 160 valence electrons. The third-order valence-corrected chi connectivity index (χ3v) is 5.18. The minimum absolute atomic E-state index is 0.0270. The number of nitrogens with zero attached hydrogens (tertiary/aromatic N) is 3. The highest BCUT2D eigenvalue weighted by molar-refractivity contribution is 5.97. The summed E-state index contributed by atoms with van der Waals surface area (Å²) in [6, 6.07) is 6.50. The third-order valence-electron chi connectivity index (χ3n) is 5.18. The molecule has 1 fully saturated rings. The predicted octanol–water partition coefficient (Wildman–Crippen LogP) is 2.50. The summed E-state index contributed by atoms with van der Waals surface area (Å²) in [4.78, 5) is 42.6. The van der Waals surface area contributed by atoms with E-state index in [2.05, 4.69) is 13.8 Å². The highest BCUT2D eigenvalue weighted by Gasteiger charge is 2.26. The van der Waals surface area contributed by atoms with Crippen LogP contribution in [-0.4, -0.2) is 76.8 Å². The van der Waals surface area contributed by atoms with Crippen LogP contribution in [0.25, 0.3) is 0 Å². The molecule has 3 amide bonds. The number of para-hydroxylation sites is 1. The first-order valence-corrected chi connectivity index (χ1v) is 10.6. The highest BCUT2D eigenvalue weighted by atomic mass is 16.3. The number of piperazine rings is 1. The zero-order valence-corrected chi connectivity index (χ0v) is 17.6. The molecule has 0 atom stereocenters. The number of hydrogen-bond donors (Lipinski definition) is 1. The molecule has 1 aliphatic rings. The Kier molecular flexibility index (Phi) is 8.96. The number of benzene rings is 1. The van der Waals surface area contributed by atoms with Crippen molar-refractivity contribution in [2.75, 3.05) is 39.3 Å². The number of phenolic OH excluding ortho intramolecular Hbond substituents is 1. The predicted molar refractivity (Wildman–Crippen MR) is 112 cm³/mol. The Morgan fingerprint density at radius 3 is 2.10 bits per heavy atom. The van der Waals surface area contributed by atoms with Gasteiger partial charge in [-0.05, 0) is 31.4 Å². The molecular weight excluding hydrogens is 370 g/mol. The van der Waals surface area contributed by atoms with Crippen LogP contribution in [0, 0.1) is 0 Å². The van der Waals surface area contributed by atoms with Gasteiger partial charge in [0.15, 0.2) is 0 Å². The standard InChI is InChI=1S/C22H33N3O4/c1-3-12-23(13-4-2)20(27)10-7-11-21(28)24-14-16-25(17-15-24)22(29)18-8-5-6-9-19(18)26/h5-6,8-9,26H,3-4,7,10-17H2,1-2H3. The second kappa shape index (κ2) is 11.4. The van der Waals surface area contributed by atoms with Gasteiger partial charge in [0.2, 0.25) is 11.8 Å². The van der Waals surface area contributed by atoms with E-state index in [4.69, 9.17) is 0 Å². The maximum Gasteiger partial charge on any atom is 0.257 e. The van der Waals surface area contributed by atoms with E-state index in [1.165, 1.54) is 6.07 Å². The summed E-state index contributed by atoms with van der Waals surface area (Å²) in [7, 11) is 0. The lowest BCUT2D eigenvalue weighted by atomic mass is 10.1. The number of carbonyl (C=O) groups excluding carboxylic acids is 3. The number of amides is 3. The van der Waals surface area contributed by atoms with Crippen molar-refractivity contribution >= 4 is 17.7 Å². The van der Waals surface area contributed by atoms with Gasteiger partial charge >= 0.3 is 0 Å². The average molecular weight is 404 g/mol. The molecule has 0 aromatic heterocycles. The van der Waals surface area contributed by atoms with E-state index in [1.807, 2.05) is 4.90 Å². The van der Waals surface area contributed by atoms with Crippen LogP contribution in [0.15, 0.2) is 24.3 Å². The van der Waals surface area contributed by atoms with E-state index in [1.54, 1.807) is 28.0 Å². The van der Waals surface area contributed by atoms with Crippen LogP contribution in [-0.2, 0) is 9.59 Å². The lowest BCUT2D eigenvalue weighted by Crippen LogP contribution is -2.50. The quantitative estimate of drug-likeness (QED) is 0.687. The Bertz CT molecular complexity index is 693. The van der Waals surface area contributed by atoms with Gasteiger partial charge in [0.1, 0.15) is 5.75 Å². The van der Waals surface area contributed by atoms with Gasteiger partial charge in [0.25, 0.3) is 5.91 Å². The molecule has 0 spiro atoms. The highest BCUT2D eigenvalue weighted by Crippen LogP contribution is 2.19. The van der Waals surface area contributed by atoms with Crippen LogP contribution < -0.4 is 0 Å². The SMILES string of the molecule is CCCN(CCC)C(=O)CCCC(=O)N1CCN(C(=O)c2ccccc2O)CC1. The Morgan fingerprint density at radius 1 is 0.931 bits per heavy atom. The van der Waals surface area contributed by atoms with E-state index in [9.17, 15) is 19.5 Å². The summed E-state index contributed by atoms with van der Waals surface area (Å²) < 4.78 is 0. The molecule has 0 saturated carbocycles. The molecule has 1 N–H and O–H groups in total. The fraction of sp³-hybridized carbons (Fsp3) is 0.591. The zero-order valence-electron chi connectivity index (χ0n) is 17.6. The zero-order chi connectivity index (χ0) is 21.2. The first-order chi connectivity index (χ1) is 14.0. The lowest BCUT2D eigenvalue weighted by Gasteiger charge is -2.35. The normalized spacial score (nSPS) is 14.0. The van der Waals surface area contributed by atoms with Gasteiger partial charge in [-0.3, -0.25) is 14.4 Å². The molecule has 0 aliphatic carbocycles. The van der Waals surface area contributed by atoms with Crippen molar-refractivity contribution in [1.82, 2.24) is 14.7 Å². The molecule has 7 heteroatoms.